The van der Waals surface area contributed by atoms with E-state index in [-0.39, 0.29) is 4.90 Å². The molecule has 0 radical (unpaired) electrons. The number of rotatable bonds is 6. The molecule has 0 aliphatic carbocycles. The highest BCUT2D eigenvalue weighted by atomic mass is 32.2. The van der Waals surface area contributed by atoms with Crippen LogP contribution in [0.5, 0.6) is 0 Å². The zero-order valence-corrected chi connectivity index (χ0v) is 13.1. The molecule has 0 amide bonds. The minimum absolute atomic E-state index is 0.275. The van der Waals surface area contributed by atoms with Crippen molar-refractivity contribution < 1.29 is 8.42 Å². The second kappa shape index (κ2) is 6.74. The Bertz CT molecular complexity index is 712. The van der Waals surface area contributed by atoms with Crippen molar-refractivity contribution in [2.45, 2.75) is 18.2 Å². The SMILES string of the molecule is CNS(=O)(=O)c1ccccc1NCCc1cccc(C)c1. The topological polar surface area (TPSA) is 58.2 Å². The van der Waals surface area contributed by atoms with Gasteiger partial charge in [0.05, 0.1) is 5.69 Å². The van der Waals surface area contributed by atoms with Gasteiger partial charge < -0.3 is 5.32 Å². The standard InChI is InChI=1S/C16H20N2O2S/c1-13-6-5-7-14(12-13)10-11-18-15-8-3-4-9-16(15)21(19,20)17-2/h3-9,12,17-18H,10-11H2,1-2H3. The molecule has 21 heavy (non-hydrogen) atoms. The van der Waals surface area contributed by atoms with Crippen molar-refractivity contribution in [3.63, 3.8) is 0 Å². The monoisotopic (exact) mass is 304 g/mol. The summed E-state index contributed by atoms with van der Waals surface area (Å²) >= 11 is 0. The molecule has 0 atom stereocenters. The van der Waals surface area contributed by atoms with Crippen LogP contribution in [0.15, 0.2) is 53.4 Å². The first kappa shape index (κ1) is 15.5. The van der Waals surface area contributed by atoms with Crippen LogP contribution < -0.4 is 10.0 Å². The molecule has 0 bridgehead atoms. The Hall–Kier alpha value is -1.85. The van der Waals surface area contributed by atoms with Gasteiger partial charge >= 0.3 is 0 Å². The van der Waals surface area contributed by atoms with E-state index in [1.165, 1.54) is 18.2 Å². The molecule has 5 heteroatoms. The Balaban J connectivity index is 2.07. The Morgan fingerprint density at radius 1 is 1.05 bits per heavy atom. The first-order valence-electron chi connectivity index (χ1n) is 6.85. The molecule has 0 heterocycles. The first-order valence-corrected chi connectivity index (χ1v) is 8.33. The van der Waals surface area contributed by atoms with Crippen LogP contribution in [0.4, 0.5) is 5.69 Å². The van der Waals surface area contributed by atoms with E-state index in [0.29, 0.717) is 12.2 Å². The van der Waals surface area contributed by atoms with Crippen molar-refractivity contribution in [1.82, 2.24) is 4.72 Å². The maximum atomic E-state index is 11.9. The summed E-state index contributed by atoms with van der Waals surface area (Å²) in [6, 6.07) is 15.2. The van der Waals surface area contributed by atoms with E-state index in [4.69, 9.17) is 0 Å². The summed E-state index contributed by atoms with van der Waals surface area (Å²) < 4.78 is 26.2. The van der Waals surface area contributed by atoms with E-state index < -0.39 is 10.0 Å². The number of aryl methyl sites for hydroxylation is 1. The molecule has 2 aromatic carbocycles. The Labute approximate surface area is 126 Å². The van der Waals surface area contributed by atoms with E-state index in [0.717, 1.165) is 6.42 Å². The molecule has 0 fully saturated rings. The summed E-state index contributed by atoms with van der Waals surface area (Å²) in [4.78, 5) is 0.275. The minimum Gasteiger partial charge on any atom is -0.384 e. The number of para-hydroxylation sites is 1. The highest BCUT2D eigenvalue weighted by Gasteiger charge is 2.15. The summed E-state index contributed by atoms with van der Waals surface area (Å²) in [6.07, 6.45) is 0.843. The predicted molar refractivity (Wildman–Crippen MR) is 86.1 cm³/mol. The summed E-state index contributed by atoms with van der Waals surface area (Å²) in [6.45, 7) is 2.74. The first-order chi connectivity index (χ1) is 10.0. The average Bonchev–Trinajstić information content (AvgIpc) is 2.48. The third-order valence-electron chi connectivity index (χ3n) is 3.26. The lowest BCUT2D eigenvalue weighted by Gasteiger charge is -2.12. The van der Waals surface area contributed by atoms with Gasteiger partial charge in [0.1, 0.15) is 4.90 Å². The molecule has 0 aliphatic rings. The molecule has 0 unspecified atom stereocenters. The van der Waals surface area contributed by atoms with Crippen LogP contribution in [-0.2, 0) is 16.4 Å². The van der Waals surface area contributed by atoms with Crippen LogP contribution in [0.2, 0.25) is 0 Å². The average molecular weight is 304 g/mol. The molecular weight excluding hydrogens is 284 g/mol. The smallest absolute Gasteiger partial charge is 0.242 e. The van der Waals surface area contributed by atoms with Gasteiger partial charge in [0.15, 0.2) is 0 Å². The fourth-order valence-electron chi connectivity index (χ4n) is 2.17. The van der Waals surface area contributed by atoms with E-state index in [1.807, 2.05) is 12.1 Å². The lowest BCUT2D eigenvalue weighted by atomic mass is 10.1. The number of sulfonamides is 1. The lowest BCUT2D eigenvalue weighted by molar-refractivity contribution is 0.588. The number of nitrogens with one attached hydrogen (secondary N) is 2. The fourth-order valence-corrected chi connectivity index (χ4v) is 3.07. The van der Waals surface area contributed by atoms with Gasteiger partial charge in [0, 0.05) is 6.54 Å². The van der Waals surface area contributed by atoms with Crippen LogP contribution in [0.1, 0.15) is 11.1 Å². The largest absolute Gasteiger partial charge is 0.384 e. The normalized spacial score (nSPS) is 11.3. The van der Waals surface area contributed by atoms with Gasteiger partial charge in [-0.3, -0.25) is 0 Å². The van der Waals surface area contributed by atoms with Crippen molar-refractivity contribution in [3.8, 4) is 0 Å². The molecule has 2 N–H and O–H groups in total. The quantitative estimate of drug-likeness (QED) is 0.862. The van der Waals surface area contributed by atoms with E-state index in [2.05, 4.69) is 35.2 Å². The maximum Gasteiger partial charge on any atom is 0.242 e. The molecule has 2 rings (SSSR count). The highest BCUT2D eigenvalue weighted by Crippen LogP contribution is 2.20. The Morgan fingerprint density at radius 3 is 2.52 bits per heavy atom. The third kappa shape index (κ3) is 4.06. The molecule has 0 aliphatic heterocycles. The van der Waals surface area contributed by atoms with Gasteiger partial charge in [-0.2, -0.15) is 0 Å². The molecule has 0 saturated carbocycles. The van der Waals surface area contributed by atoms with Crippen molar-refractivity contribution in [3.05, 3.63) is 59.7 Å². The highest BCUT2D eigenvalue weighted by molar-refractivity contribution is 7.89. The summed E-state index contributed by atoms with van der Waals surface area (Å²) in [5.74, 6) is 0. The van der Waals surface area contributed by atoms with E-state index in [1.54, 1.807) is 18.2 Å². The molecule has 0 spiro atoms. The van der Waals surface area contributed by atoms with Gasteiger partial charge in [-0.1, -0.05) is 42.0 Å². The second-order valence-corrected chi connectivity index (χ2v) is 6.72. The van der Waals surface area contributed by atoms with Crippen LogP contribution >= 0.6 is 0 Å². The van der Waals surface area contributed by atoms with Crippen LogP contribution in [0.25, 0.3) is 0 Å². The summed E-state index contributed by atoms with van der Waals surface area (Å²) in [7, 11) is -2.03. The Kier molecular flexibility index (Phi) is 4.98. The minimum atomic E-state index is -3.44. The maximum absolute atomic E-state index is 11.9. The number of benzene rings is 2. The fraction of sp³-hybridized carbons (Fsp3) is 0.250. The molecule has 4 nitrogen and oxygen atoms in total. The molecular formula is C16H20N2O2S. The number of anilines is 1. The van der Waals surface area contributed by atoms with E-state index in [9.17, 15) is 8.42 Å². The predicted octanol–water partition coefficient (Wildman–Crippen LogP) is 2.56. The molecule has 2 aromatic rings. The van der Waals surface area contributed by atoms with Gasteiger partial charge in [-0.15, -0.1) is 0 Å². The molecule has 112 valence electrons. The number of hydrogen-bond donors (Lipinski definition) is 2. The van der Waals surface area contributed by atoms with Crippen molar-refractivity contribution in [2.75, 3.05) is 18.9 Å². The lowest BCUT2D eigenvalue weighted by Crippen LogP contribution is -2.20. The molecule has 0 saturated heterocycles. The van der Waals surface area contributed by atoms with Crippen molar-refractivity contribution in [2.24, 2.45) is 0 Å². The number of hydrogen-bond acceptors (Lipinski definition) is 3. The van der Waals surface area contributed by atoms with Crippen LogP contribution in [-0.4, -0.2) is 22.0 Å². The van der Waals surface area contributed by atoms with Gasteiger partial charge in [0.2, 0.25) is 10.0 Å². The second-order valence-electron chi connectivity index (χ2n) is 4.87. The van der Waals surface area contributed by atoms with Gasteiger partial charge in [-0.05, 0) is 38.1 Å². The van der Waals surface area contributed by atoms with Crippen molar-refractivity contribution >= 4 is 15.7 Å². The summed E-state index contributed by atoms with van der Waals surface area (Å²) in [5.41, 5.74) is 3.08. The van der Waals surface area contributed by atoms with E-state index >= 15 is 0 Å². The zero-order chi connectivity index (χ0) is 15.3. The van der Waals surface area contributed by atoms with Gasteiger partial charge in [0.25, 0.3) is 0 Å². The molecule has 0 aromatic heterocycles. The third-order valence-corrected chi connectivity index (χ3v) is 4.73. The Morgan fingerprint density at radius 2 is 1.81 bits per heavy atom. The van der Waals surface area contributed by atoms with Crippen LogP contribution in [0, 0.1) is 6.92 Å². The van der Waals surface area contributed by atoms with Gasteiger partial charge in [-0.25, -0.2) is 13.1 Å². The van der Waals surface area contributed by atoms with Crippen LogP contribution in [0.3, 0.4) is 0 Å². The van der Waals surface area contributed by atoms with Crippen molar-refractivity contribution in [1.29, 1.82) is 0 Å². The zero-order valence-electron chi connectivity index (χ0n) is 12.3. The summed E-state index contributed by atoms with van der Waals surface area (Å²) in [5, 5.41) is 3.20.